The first-order chi connectivity index (χ1) is 4.86. The van der Waals surface area contributed by atoms with E-state index in [4.69, 9.17) is 10.1 Å². The van der Waals surface area contributed by atoms with Crippen molar-refractivity contribution in [2.45, 2.75) is 0 Å². The highest BCUT2D eigenvalue weighted by atomic mass is 16.5. The molecule has 0 atom stereocenters. The summed E-state index contributed by atoms with van der Waals surface area (Å²) in [5.41, 5.74) is 1.00. The Hall–Kier alpha value is -1.31. The van der Waals surface area contributed by atoms with Crippen LogP contribution in [0.25, 0.3) is 0 Å². The van der Waals surface area contributed by atoms with Gasteiger partial charge in [-0.05, 0) is 24.3 Å². The summed E-state index contributed by atoms with van der Waals surface area (Å²) in [4.78, 5) is 0. The average molecular weight is 136 g/mol. The number of nitrogens with two attached hydrogens (primary N) is 1. The van der Waals surface area contributed by atoms with Gasteiger partial charge in [0.2, 0.25) is 0 Å². The Morgan fingerprint density at radius 2 is 1.90 bits per heavy atom. The van der Waals surface area contributed by atoms with E-state index in [2.05, 4.69) is 0 Å². The number of hydrogen-bond acceptors (Lipinski definition) is 1. The first-order valence-corrected chi connectivity index (χ1v) is 3.06. The second-order valence-electron chi connectivity index (χ2n) is 1.94. The molecule has 0 fully saturated rings. The van der Waals surface area contributed by atoms with Crippen LogP contribution in [0.5, 0.6) is 5.75 Å². The van der Waals surface area contributed by atoms with Crippen molar-refractivity contribution in [3.05, 3.63) is 29.8 Å². The molecule has 1 aromatic carbocycles. The molecule has 1 rings (SSSR count). The van der Waals surface area contributed by atoms with Gasteiger partial charge in [-0.25, -0.2) is 0 Å². The van der Waals surface area contributed by atoms with E-state index in [-0.39, 0.29) is 0 Å². The lowest BCUT2D eigenvalue weighted by Gasteiger charge is -1.96. The zero-order valence-corrected chi connectivity index (χ0v) is 5.87. The summed E-state index contributed by atoms with van der Waals surface area (Å²) in [6, 6.07) is 7.55. The van der Waals surface area contributed by atoms with E-state index in [9.17, 15) is 0 Å². The van der Waals surface area contributed by atoms with Crippen LogP contribution in [0.1, 0.15) is 5.56 Å². The van der Waals surface area contributed by atoms with Crippen molar-refractivity contribution >= 4 is 6.21 Å². The fourth-order valence-corrected chi connectivity index (χ4v) is 0.715. The van der Waals surface area contributed by atoms with Gasteiger partial charge in [-0.15, -0.1) is 0 Å². The third kappa shape index (κ3) is 1.35. The SMILES string of the molecule is COc1ccc(C=[NH2+])cc1. The normalized spacial score (nSPS) is 8.90. The van der Waals surface area contributed by atoms with E-state index >= 15 is 0 Å². The van der Waals surface area contributed by atoms with Gasteiger partial charge in [-0.2, -0.15) is 0 Å². The molecule has 52 valence electrons. The highest BCUT2D eigenvalue weighted by molar-refractivity contribution is 5.74. The van der Waals surface area contributed by atoms with Crippen LogP contribution >= 0.6 is 0 Å². The fourth-order valence-electron chi connectivity index (χ4n) is 0.715. The Labute approximate surface area is 60.0 Å². The molecule has 0 aliphatic rings. The van der Waals surface area contributed by atoms with E-state index in [1.54, 1.807) is 13.3 Å². The lowest BCUT2D eigenvalue weighted by Crippen LogP contribution is -2.29. The molecule has 2 heteroatoms. The molecule has 0 saturated carbocycles. The maximum absolute atomic E-state index is 5.28. The monoisotopic (exact) mass is 136 g/mol. The second-order valence-corrected chi connectivity index (χ2v) is 1.94. The smallest absolute Gasteiger partial charge is 0.167 e. The minimum absolute atomic E-state index is 0.852. The molecule has 0 aromatic heterocycles. The van der Waals surface area contributed by atoms with Crippen LogP contribution in [0.2, 0.25) is 0 Å². The maximum atomic E-state index is 5.28. The highest BCUT2D eigenvalue weighted by Crippen LogP contribution is 2.08. The van der Waals surface area contributed by atoms with Crippen molar-refractivity contribution < 1.29 is 10.1 Å². The van der Waals surface area contributed by atoms with Crippen LogP contribution < -0.4 is 10.1 Å². The standard InChI is InChI=1S/C8H9NO/c1-10-8-4-2-7(6-9)3-5-8/h2-6,9H,1H3/p+1. The second kappa shape index (κ2) is 3.01. The van der Waals surface area contributed by atoms with Gasteiger partial charge in [0, 0.05) is 5.56 Å². The fraction of sp³-hybridized carbons (Fsp3) is 0.125. The molecule has 0 spiro atoms. The van der Waals surface area contributed by atoms with Gasteiger partial charge in [0.1, 0.15) is 5.75 Å². The lowest BCUT2D eigenvalue weighted by atomic mass is 10.2. The quantitative estimate of drug-likeness (QED) is 0.565. The molecule has 10 heavy (non-hydrogen) atoms. The number of methoxy groups -OCH3 is 1. The summed E-state index contributed by atoms with van der Waals surface area (Å²) in [7, 11) is 1.64. The van der Waals surface area contributed by atoms with Crippen molar-refractivity contribution in [2.24, 2.45) is 0 Å². The van der Waals surface area contributed by atoms with Crippen molar-refractivity contribution in [3.63, 3.8) is 0 Å². The summed E-state index contributed by atoms with van der Waals surface area (Å²) in [5.74, 6) is 0.852. The molecule has 0 aliphatic heterocycles. The Kier molecular flexibility index (Phi) is 2.05. The van der Waals surface area contributed by atoms with Crippen LogP contribution in [0.15, 0.2) is 24.3 Å². The number of ether oxygens (including phenoxy) is 1. The van der Waals surface area contributed by atoms with E-state index in [1.165, 1.54) is 0 Å². The average Bonchev–Trinajstić information content (AvgIpc) is 2.05. The van der Waals surface area contributed by atoms with Gasteiger partial charge < -0.3 is 4.74 Å². The van der Waals surface area contributed by atoms with Crippen LogP contribution in [-0.4, -0.2) is 13.3 Å². The topological polar surface area (TPSA) is 34.8 Å². The Balaban J connectivity index is 2.90. The molecule has 2 nitrogen and oxygen atoms in total. The van der Waals surface area contributed by atoms with E-state index in [1.807, 2.05) is 24.3 Å². The van der Waals surface area contributed by atoms with Gasteiger partial charge in [-0.3, -0.25) is 5.41 Å². The summed E-state index contributed by atoms with van der Waals surface area (Å²) in [6.45, 7) is 0. The van der Waals surface area contributed by atoms with Crippen LogP contribution in [0, 0.1) is 0 Å². The molecule has 0 aliphatic carbocycles. The lowest BCUT2D eigenvalue weighted by molar-refractivity contribution is -0.104. The molecule has 0 heterocycles. The molecule has 0 radical (unpaired) electrons. The van der Waals surface area contributed by atoms with Crippen molar-refractivity contribution in [1.82, 2.24) is 0 Å². The minimum Gasteiger partial charge on any atom is -0.497 e. The number of rotatable bonds is 2. The maximum Gasteiger partial charge on any atom is 0.167 e. The van der Waals surface area contributed by atoms with Gasteiger partial charge >= 0.3 is 0 Å². The predicted molar refractivity (Wildman–Crippen MR) is 40.1 cm³/mol. The van der Waals surface area contributed by atoms with Crippen LogP contribution in [0.3, 0.4) is 0 Å². The molecule has 0 saturated heterocycles. The van der Waals surface area contributed by atoms with Gasteiger partial charge in [0.25, 0.3) is 0 Å². The van der Waals surface area contributed by atoms with Crippen molar-refractivity contribution in [1.29, 1.82) is 0 Å². The summed E-state index contributed by atoms with van der Waals surface area (Å²) in [5, 5.41) is 5.28. The van der Waals surface area contributed by atoms with E-state index in [0.29, 0.717) is 0 Å². The third-order valence-electron chi connectivity index (χ3n) is 1.31. The number of hydrogen-bond donors (Lipinski definition) is 1. The van der Waals surface area contributed by atoms with E-state index < -0.39 is 0 Å². The first kappa shape index (κ1) is 6.81. The zero-order valence-electron chi connectivity index (χ0n) is 5.87. The van der Waals surface area contributed by atoms with E-state index in [0.717, 1.165) is 11.3 Å². The first-order valence-electron chi connectivity index (χ1n) is 3.06. The van der Waals surface area contributed by atoms with Crippen LogP contribution in [0.4, 0.5) is 0 Å². The summed E-state index contributed by atoms with van der Waals surface area (Å²) >= 11 is 0. The van der Waals surface area contributed by atoms with Crippen molar-refractivity contribution in [3.8, 4) is 5.75 Å². The Morgan fingerprint density at radius 1 is 1.30 bits per heavy atom. The molecular weight excluding hydrogens is 126 g/mol. The molecule has 2 N–H and O–H groups in total. The summed E-state index contributed by atoms with van der Waals surface area (Å²) < 4.78 is 4.96. The Morgan fingerprint density at radius 3 is 2.30 bits per heavy atom. The third-order valence-corrected chi connectivity index (χ3v) is 1.31. The molecule has 0 amide bonds. The highest BCUT2D eigenvalue weighted by Gasteiger charge is 1.90. The molecular formula is C8H10NO+. The number of benzene rings is 1. The largest absolute Gasteiger partial charge is 0.497 e. The van der Waals surface area contributed by atoms with Crippen molar-refractivity contribution in [2.75, 3.05) is 7.11 Å². The molecule has 0 unspecified atom stereocenters. The minimum atomic E-state index is 0.852. The molecule has 0 bridgehead atoms. The van der Waals surface area contributed by atoms with Gasteiger partial charge in [0.15, 0.2) is 6.21 Å². The van der Waals surface area contributed by atoms with Gasteiger partial charge in [0.05, 0.1) is 7.11 Å². The van der Waals surface area contributed by atoms with Gasteiger partial charge in [-0.1, -0.05) is 0 Å². The summed E-state index contributed by atoms with van der Waals surface area (Å²) in [6.07, 6.45) is 1.56. The molecule has 1 aromatic rings. The predicted octanol–water partition coefficient (Wildman–Crippen LogP) is -0.127. The zero-order chi connectivity index (χ0) is 7.40. The Bertz CT molecular complexity index is 215. The van der Waals surface area contributed by atoms with Crippen LogP contribution in [-0.2, 0) is 0 Å².